The van der Waals surface area contributed by atoms with Crippen molar-refractivity contribution >= 4 is 17.6 Å². The molecular weight excluding hydrogens is 252 g/mol. The Bertz CT molecular complexity index is 561. The van der Waals surface area contributed by atoms with Crippen molar-refractivity contribution in [2.45, 2.75) is 19.8 Å². The van der Waals surface area contributed by atoms with Gasteiger partial charge in [-0.3, -0.25) is 4.79 Å². The number of aryl methyl sites for hydroxylation is 2. The second kappa shape index (κ2) is 5.23. The van der Waals surface area contributed by atoms with Gasteiger partial charge in [0.2, 0.25) is 0 Å². The number of carboxylic acids is 1. The molecule has 94 valence electrons. The monoisotopic (exact) mass is 264 g/mol. The molecule has 0 spiro atoms. The SMILES string of the molecule is Cc1cc(CCC(=O)O)nn1-c1ccc(Cl)cc1. The van der Waals surface area contributed by atoms with Gasteiger partial charge in [0.05, 0.1) is 17.8 Å². The summed E-state index contributed by atoms with van der Waals surface area (Å²) in [7, 11) is 0. The van der Waals surface area contributed by atoms with Crippen molar-refractivity contribution in [1.29, 1.82) is 0 Å². The zero-order valence-electron chi connectivity index (χ0n) is 9.93. The molecule has 1 aromatic heterocycles. The predicted molar refractivity (Wildman–Crippen MR) is 69.3 cm³/mol. The van der Waals surface area contributed by atoms with Gasteiger partial charge in [0.1, 0.15) is 0 Å². The van der Waals surface area contributed by atoms with Crippen LogP contribution in [0.15, 0.2) is 30.3 Å². The van der Waals surface area contributed by atoms with Gasteiger partial charge in [0.25, 0.3) is 0 Å². The summed E-state index contributed by atoms with van der Waals surface area (Å²) in [5.74, 6) is -0.811. The molecule has 0 unspecified atom stereocenters. The number of nitrogens with zero attached hydrogens (tertiary/aromatic N) is 2. The van der Waals surface area contributed by atoms with Crippen LogP contribution in [0.3, 0.4) is 0 Å². The molecule has 0 aliphatic heterocycles. The Morgan fingerprint density at radius 3 is 2.67 bits per heavy atom. The minimum Gasteiger partial charge on any atom is -0.481 e. The molecule has 1 N–H and O–H groups in total. The Labute approximate surface area is 110 Å². The van der Waals surface area contributed by atoms with Gasteiger partial charge < -0.3 is 5.11 Å². The molecule has 0 aliphatic rings. The van der Waals surface area contributed by atoms with Crippen molar-refractivity contribution < 1.29 is 9.90 Å². The van der Waals surface area contributed by atoms with E-state index in [1.807, 2.05) is 25.1 Å². The predicted octanol–water partition coefficient (Wildman–Crippen LogP) is 2.85. The third-order valence-electron chi connectivity index (χ3n) is 2.60. The van der Waals surface area contributed by atoms with Crippen LogP contribution in [0.5, 0.6) is 0 Å². The highest BCUT2D eigenvalue weighted by molar-refractivity contribution is 6.30. The largest absolute Gasteiger partial charge is 0.481 e. The summed E-state index contributed by atoms with van der Waals surface area (Å²) < 4.78 is 1.79. The Hall–Kier alpha value is -1.81. The van der Waals surface area contributed by atoms with E-state index in [0.29, 0.717) is 11.4 Å². The summed E-state index contributed by atoms with van der Waals surface area (Å²) in [4.78, 5) is 10.5. The fourth-order valence-electron chi connectivity index (χ4n) is 1.74. The van der Waals surface area contributed by atoms with Crippen LogP contribution >= 0.6 is 11.6 Å². The summed E-state index contributed by atoms with van der Waals surface area (Å²) in [6.07, 6.45) is 0.536. The molecular formula is C13H13ClN2O2. The lowest BCUT2D eigenvalue weighted by atomic mass is 10.2. The summed E-state index contributed by atoms with van der Waals surface area (Å²) in [6, 6.07) is 9.26. The molecule has 0 radical (unpaired) electrons. The number of hydrogen-bond donors (Lipinski definition) is 1. The van der Waals surface area contributed by atoms with E-state index in [-0.39, 0.29) is 6.42 Å². The zero-order valence-corrected chi connectivity index (χ0v) is 10.7. The molecule has 0 aliphatic carbocycles. The van der Waals surface area contributed by atoms with Gasteiger partial charge in [-0.15, -0.1) is 0 Å². The first-order valence-corrected chi connectivity index (χ1v) is 5.97. The maximum Gasteiger partial charge on any atom is 0.303 e. The molecule has 0 saturated heterocycles. The molecule has 5 heteroatoms. The second-order valence-electron chi connectivity index (χ2n) is 4.06. The number of rotatable bonds is 4. The average molecular weight is 265 g/mol. The highest BCUT2D eigenvalue weighted by Crippen LogP contribution is 2.16. The maximum absolute atomic E-state index is 10.5. The Kier molecular flexibility index (Phi) is 3.67. The summed E-state index contributed by atoms with van der Waals surface area (Å²) >= 11 is 5.83. The van der Waals surface area contributed by atoms with Gasteiger partial charge in [-0.25, -0.2) is 4.68 Å². The highest BCUT2D eigenvalue weighted by atomic mass is 35.5. The lowest BCUT2D eigenvalue weighted by Gasteiger charge is -2.03. The Balaban J connectivity index is 2.23. The Morgan fingerprint density at radius 1 is 1.39 bits per heavy atom. The zero-order chi connectivity index (χ0) is 13.1. The van der Waals surface area contributed by atoms with Crippen molar-refractivity contribution in [1.82, 2.24) is 9.78 Å². The normalized spacial score (nSPS) is 10.6. The molecule has 0 saturated carbocycles. The third-order valence-corrected chi connectivity index (χ3v) is 2.86. The number of aliphatic carboxylic acids is 1. The van der Waals surface area contributed by atoms with Crippen molar-refractivity contribution in [3.63, 3.8) is 0 Å². The van der Waals surface area contributed by atoms with Crippen molar-refractivity contribution in [3.05, 3.63) is 46.7 Å². The number of benzene rings is 1. The Morgan fingerprint density at radius 2 is 2.06 bits per heavy atom. The molecule has 4 nitrogen and oxygen atoms in total. The molecule has 18 heavy (non-hydrogen) atoms. The van der Waals surface area contributed by atoms with Crippen molar-refractivity contribution in [3.8, 4) is 5.69 Å². The van der Waals surface area contributed by atoms with E-state index in [2.05, 4.69) is 5.10 Å². The first-order chi connectivity index (χ1) is 8.56. The molecule has 1 heterocycles. The highest BCUT2D eigenvalue weighted by Gasteiger charge is 2.07. The molecule has 1 aromatic carbocycles. The topological polar surface area (TPSA) is 55.1 Å². The van der Waals surface area contributed by atoms with Crippen LogP contribution < -0.4 is 0 Å². The van der Waals surface area contributed by atoms with Crippen LogP contribution in [0.25, 0.3) is 5.69 Å². The number of aromatic nitrogens is 2. The fraction of sp³-hybridized carbons (Fsp3) is 0.231. The van der Waals surface area contributed by atoms with E-state index < -0.39 is 5.97 Å². The molecule has 2 rings (SSSR count). The maximum atomic E-state index is 10.5. The van der Waals surface area contributed by atoms with Crippen molar-refractivity contribution in [2.75, 3.05) is 0 Å². The number of carbonyl (C=O) groups is 1. The van der Waals surface area contributed by atoms with Gasteiger partial charge >= 0.3 is 5.97 Å². The smallest absolute Gasteiger partial charge is 0.303 e. The molecule has 0 fully saturated rings. The van der Waals surface area contributed by atoms with Gasteiger partial charge in [-0.05, 0) is 37.3 Å². The standard InChI is InChI=1S/C13H13ClN2O2/c1-9-8-11(4-7-13(17)18)15-16(9)12-5-2-10(14)3-6-12/h2-3,5-6,8H,4,7H2,1H3,(H,17,18). The fourth-order valence-corrected chi connectivity index (χ4v) is 1.87. The van der Waals surface area contributed by atoms with Crippen LogP contribution in [0.2, 0.25) is 5.02 Å². The second-order valence-corrected chi connectivity index (χ2v) is 4.50. The van der Waals surface area contributed by atoms with E-state index in [1.165, 1.54) is 0 Å². The molecule has 2 aromatic rings. The van der Waals surface area contributed by atoms with E-state index in [1.54, 1.807) is 16.8 Å². The lowest BCUT2D eigenvalue weighted by Crippen LogP contribution is -2.01. The van der Waals surface area contributed by atoms with Crippen LogP contribution in [0.1, 0.15) is 17.8 Å². The first kappa shape index (κ1) is 12.6. The first-order valence-electron chi connectivity index (χ1n) is 5.59. The van der Waals surface area contributed by atoms with Gasteiger partial charge in [0, 0.05) is 17.1 Å². The number of hydrogen-bond acceptors (Lipinski definition) is 2. The quantitative estimate of drug-likeness (QED) is 0.924. The molecule has 0 amide bonds. The molecule has 0 bridgehead atoms. The van der Waals surface area contributed by atoms with Crippen molar-refractivity contribution in [2.24, 2.45) is 0 Å². The van der Waals surface area contributed by atoms with Gasteiger partial charge in [0.15, 0.2) is 0 Å². The van der Waals surface area contributed by atoms with Crippen LogP contribution in [-0.4, -0.2) is 20.9 Å². The third kappa shape index (κ3) is 2.90. The van der Waals surface area contributed by atoms with E-state index in [4.69, 9.17) is 16.7 Å². The van der Waals surface area contributed by atoms with E-state index >= 15 is 0 Å². The number of carboxylic acid groups (broad SMARTS) is 1. The molecule has 0 atom stereocenters. The summed E-state index contributed by atoms with van der Waals surface area (Å²) in [5.41, 5.74) is 2.67. The number of halogens is 1. The van der Waals surface area contributed by atoms with Crippen LogP contribution in [0, 0.1) is 6.92 Å². The summed E-state index contributed by atoms with van der Waals surface area (Å²) in [5, 5.41) is 13.7. The summed E-state index contributed by atoms with van der Waals surface area (Å²) in [6.45, 7) is 1.94. The minimum atomic E-state index is -0.811. The van der Waals surface area contributed by atoms with E-state index in [0.717, 1.165) is 17.1 Å². The van der Waals surface area contributed by atoms with E-state index in [9.17, 15) is 4.79 Å². The van der Waals surface area contributed by atoms with Gasteiger partial charge in [-0.2, -0.15) is 5.10 Å². The average Bonchev–Trinajstić information content (AvgIpc) is 2.69. The minimum absolute atomic E-state index is 0.0943. The lowest BCUT2D eigenvalue weighted by molar-refractivity contribution is -0.136. The van der Waals surface area contributed by atoms with Gasteiger partial charge in [-0.1, -0.05) is 11.6 Å². The van der Waals surface area contributed by atoms with Crippen LogP contribution in [-0.2, 0) is 11.2 Å². The van der Waals surface area contributed by atoms with Crippen LogP contribution in [0.4, 0.5) is 0 Å².